The molecule has 4 rings (SSSR count). The van der Waals surface area contributed by atoms with Crippen molar-refractivity contribution in [3.8, 4) is 0 Å². The van der Waals surface area contributed by atoms with Crippen molar-refractivity contribution >= 4 is 72.2 Å². The van der Waals surface area contributed by atoms with Crippen LogP contribution < -0.4 is 5.32 Å². The van der Waals surface area contributed by atoms with Gasteiger partial charge in [0.1, 0.15) is 4.88 Å². The van der Waals surface area contributed by atoms with Crippen LogP contribution in [0.2, 0.25) is 10.0 Å². The van der Waals surface area contributed by atoms with Crippen LogP contribution in [0, 0.1) is 6.92 Å². The van der Waals surface area contributed by atoms with Gasteiger partial charge in [0.25, 0.3) is 0 Å². The smallest absolute Gasteiger partial charge is 0.348 e. The van der Waals surface area contributed by atoms with Gasteiger partial charge in [-0.15, -0.1) is 11.3 Å². The van der Waals surface area contributed by atoms with Crippen LogP contribution in [0.1, 0.15) is 20.8 Å². The summed E-state index contributed by atoms with van der Waals surface area (Å²) in [6.45, 7) is 1.27. The molecule has 1 heterocycles. The maximum Gasteiger partial charge on any atom is 0.348 e. The summed E-state index contributed by atoms with van der Waals surface area (Å²) >= 11 is 13.6. The van der Waals surface area contributed by atoms with Crippen LogP contribution >= 0.6 is 34.5 Å². The third-order valence-electron chi connectivity index (χ3n) is 5.53. The van der Waals surface area contributed by atoms with E-state index in [1.54, 1.807) is 48.5 Å². The highest BCUT2D eigenvalue weighted by Gasteiger charge is 2.28. The molecule has 192 valence electrons. The van der Waals surface area contributed by atoms with Crippen molar-refractivity contribution < 1.29 is 22.7 Å². The second-order valence-electron chi connectivity index (χ2n) is 8.22. The Labute approximate surface area is 228 Å². The van der Waals surface area contributed by atoms with E-state index in [1.807, 2.05) is 6.92 Å². The number of rotatable bonds is 8. The number of carbonyl (C=O) groups is 2. The van der Waals surface area contributed by atoms with Crippen molar-refractivity contribution in [1.82, 2.24) is 4.31 Å². The Balaban J connectivity index is 1.60. The summed E-state index contributed by atoms with van der Waals surface area (Å²) in [7, 11) is -2.73. The Hall–Kier alpha value is -2.95. The number of hydrogen-bond donors (Lipinski definition) is 1. The molecule has 1 amide bonds. The van der Waals surface area contributed by atoms with Crippen LogP contribution in [0.5, 0.6) is 0 Å². The minimum Gasteiger partial charge on any atom is -0.465 e. The quantitative estimate of drug-likeness (QED) is 0.254. The molecule has 7 nitrogen and oxygen atoms in total. The third kappa shape index (κ3) is 6.31. The number of fused-ring (bicyclic) bond motifs is 1. The molecular weight excluding hydrogens is 555 g/mol. The third-order valence-corrected chi connectivity index (χ3v) is 9.02. The number of nitrogens with one attached hydrogen (secondary N) is 1. The lowest BCUT2D eigenvalue weighted by atomic mass is 10.2. The first-order valence-corrected chi connectivity index (χ1v) is 14.0. The predicted molar refractivity (Wildman–Crippen MR) is 147 cm³/mol. The van der Waals surface area contributed by atoms with Crippen molar-refractivity contribution in [3.05, 3.63) is 92.8 Å². The first-order chi connectivity index (χ1) is 17.6. The number of esters is 1. The van der Waals surface area contributed by atoms with Gasteiger partial charge >= 0.3 is 5.97 Å². The molecule has 11 heteroatoms. The largest absolute Gasteiger partial charge is 0.465 e. The number of hydrogen-bond acceptors (Lipinski definition) is 6. The molecule has 0 unspecified atom stereocenters. The molecular formula is C26H22Cl2N2O5S2. The van der Waals surface area contributed by atoms with Crippen LogP contribution in [0.4, 0.5) is 5.69 Å². The zero-order chi connectivity index (χ0) is 26.7. The van der Waals surface area contributed by atoms with E-state index >= 15 is 0 Å². The van der Waals surface area contributed by atoms with Crippen molar-refractivity contribution in [2.24, 2.45) is 0 Å². The van der Waals surface area contributed by atoms with E-state index in [0.717, 1.165) is 20.0 Å². The van der Waals surface area contributed by atoms with Gasteiger partial charge in [-0.25, -0.2) is 13.2 Å². The Morgan fingerprint density at radius 2 is 1.73 bits per heavy atom. The number of benzene rings is 3. The molecule has 0 aliphatic rings. The second kappa shape index (κ2) is 11.2. The molecule has 1 N–H and O–H groups in total. The molecule has 0 spiro atoms. The minimum absolute atomic E-state index is 0.0611. The lowest BCUT2D eigenvalue weighted by molar-refractivity contribution is -0.116. The van der Waals surface area contributed by atoms with Gasteiger partial charge in [0.05, 0.1) is 18.6 Å². The maximum atomic E-state index is 13.5. The van der Waals surface area contributed by atoms with Crippen LogP contribution in [-0.4, -0.2) is 38.3 Å². The number of methoxy groups -OCH3 is 1. The maximum absolute atomic E-state index is 13.5. The van der Waals surface area contributed by atoms with Gasteiger partial charge < -0.3 is 10.1 Å². The van der Waals surface area contributed by atoms with Gasteiger partial charge in [-0.2, -0.15) is 4.31 Å². The van der Waals surface area contributed by atoms with Gasteiger partial charge in [0.2, 0.25) is 15.9 Å². The van der Waals surface area contributed by atoms with E-state index in [4.69, 9.17) is 27.9 Å². The van der Waals surface area contributed by atoms with Gasteiger partial charge in [0.15, 0.2) is 0 Å². The number of carbonyl (C=O) groups excluding carboxylic acids is 2. The summed E-state index contributed by atoms with van der Waals surface area (Å²) in [4.78, 5) is 25.4. The molecule has 0 radical (unpaired) electrons. The standard InChI is InChI=1S/C26H22Cl2N2O5S2/c1-16-3-8-21(9-4-16)37(33,34)30(14-17-5-6-19(27)13-22(17)28)15-25(31)29-20-7-10-23-18(11-20)12-24(36-23)26(32)35-2/h3-13H,14-15H2,1-2H3,(H,29,31). The first kappa shape index (κ1) is 27.1. The zero-order valence-corrected chi connectivity index (χ0v) is 23.0. The van der Waals surface area contributed by atoms with E-state index in [2.05, 4.69) is 5.32 Å². The fourth-order valence-electron chi connectivity index (χ4n) is 3.61. The highest BCUT2D eigenvalue weighted by molar-refractivity contribution is 7.89. The van der Waals surface area contributed by atoms with E-state index in [1.165, 1.54) is 36.6 Å². The summed E-state index contributed by atoms with van der Waals surface area (Å²) in [5, 5.41) is 4.21. The van der Waals surface area contributed by atoms with Gasteiger partial charge in [-0.1, -0.05) is 47.0 Å². The summed E-state index contributed by atoms with van der Waals surface area (Å²) < 4.78 is 33.7. The molecule has 0 bridgehead atoms. The topological polar surface area (TPSA) is 92.8 Å². The Morgan fingerprint density at radius 1 is 1.00 bits per heavy atom. The van der Waals surface area contributed by atoms with Crippen LogP contribution in [-0.2, 0) is 26.1 Å². The van der Waals surface area contributed by atoms with E-state index in [-0.39, 0.29) is 11.4 Å². The number of thiophene rings is 1. The van der Waals surface area contributed by atoms with Gasteiger partial charge in [-0.3, -0.25) is 4.79 Å². The Bertz CT molecular complexity index is 1580. The number of anilines is 1. The summed E-state index contributed by atoms with van der Waals surface area (Å²) in [5.74, 6) is -0.979. The predicted octanol–water partition coefficient (Wildman–Crippen LogP) is 6.13. The zero-order valence-electron chi connectivity index (χ0n) is 19.8. The molecule has 1 aromatic heterocycles. The average Bonchev–Trinajstić information content (AvgIpc) is 3.28. The fraction of sp³-hybridized carbons (Fsp3) is 0.154. The highest BCUT2D eigenvalue weighted by atomic mass is 35.5. The average molecular weight is 578 g/mol. The van der Waals surface area contributed by atoms with Gasteiger partial charge in [0, 0.05) is 27.0 Å². The van der Waals surface area contributed by atoms with Crippen molar-refractivity contribution in [2.75, 3.05) is 19.0 Å². The number of ether oxygens (including phenoxy) is 1. The van der Waals surface area contributed by atoms with E-state index < -0.39 is 28.4 Å². The molecule has 0 saturated heterocycles. The molecule has 0 aliphatic heterocycles. The normalized spacial score (nSPS) is 11.6. The SMILES string of the molecule is COC(=O)c1cc2cc(NC(=O)CN(Cc3ccc(Cl)cc3Cl)S(=O)(=O)c3ccc(C)cc3)ccc2s1. The van der Waals surface area contributed by atoms with E-state index in [9.17, 15) is 18.0 Å². The van der Waals surface area contributed by atoms with Crippen molar-refractivity contribution in [1.29, 1.82) is 0 Å². The van der Waals surface area contributed by atoms with Crippen LogP contribution in [0.15, 0.2) is 71.6 Å². The Kier molecular flexibility index (Phi) is 8.20. The summed E-state index contributed by atoms with van der Waals surface area (Å²) in [5.41, 5.74) is 1.87. The number of sulfonamides is 1. The van der Waals surface area contributed by atoms with Crippen molar-refractivity contribution in [2.45, 2.75) is 18.4 Å². The van der Waals surface area contributed by atoms with Crippen LogP contribution in [0.3, 0.4) is 0 Å². The highest BCUT2D eigenvalue weighted by Crippen LogP contribution is 2.29. The van der Waals surface area contributed by atoms with Crippen molar-refractivity contribution in [3.63, 3.8) is 0 Å². The number of aryl methyl sites for hydroxylation is 1. The van der Waals surface area contributed by atoms with E-state index in [0.29, 0.717) is 26.2 Å². The molecule has 0 saturated carbocycles. The minimum atomic E-state index is -4.04. The molecule has 0 fully saturated rings. The number of nitrogens with zero attached hydrogens (tertiary/aromatic N) is 1. The number of halogens is 2. The lowest BCUT2D eigenvalue weighted by Crippen LogP contribution is -2.37. The second-order valence-corrected chi connectivity index (χ2v) is 12.1. The molecule has 37 heavy (non-hydrogen) atoms. The monoisotopic (exact) mass is 576 g/mol. The summed E-state index contributed by atoms with van der Waals surface area (Å²) in [6, 6.07) is 18.0. The Morgan fingerprint density at radius 3 is 2.41 bits per heavy atom. The molecule has 0 aliphatic carbocycles. The summed E-state index contributed by atoms with van der Waals surface area (Å²) in [6.07, 6.45) is 0. The molecule has 4 aromatic rings. The van der Waals surface area contributed by atoms with Crippen LogP contribution in [0.25, 0.3) is 10.1 Å². The molecule has 3 aromatic carbocycles. The number of amides is 1. The first-order valence-electron chi connectivity index (χ1n) is 11.0. The molecule has 0 atom stereocenters. The lowest BCUT2D eigenvalue weighted by Gasteiger charge is -2.22. The van der Waals surface area contributed by atoms with Gasteiger partial charge in [-0.05, 0) is 66.4 Å². The fourth-order valence-corrected chi connectivity index (χ4v) is 6.41.